The van der Waals surface area contributed by atoms with Gasteiger partial charge in [-0.25, -0.2) is 9.97 Å². The molecule has 2 aromatic heterocycles. The van der Waals surface area contributed by atoms with Gasteiger partial charge in [0.25, 0.3) is 0 Å². The summed E-state index contributed by atoms with van der Waals surface area (Å²) in [4.78, 5) is 15.3. The van der Waals surface area contributed by atoms with Crippen LogP contribution in [0.25, 0.3) is 11.4 Å². The van der Waals surface area contributed by atoms with E-state index in [2.05, 4.69) is 34.8 Å². The van der Waals surface area contributed by atoms with Gasteiger partial charge in [-0.05, 0) is 61.7 Å². The second-order valence-electron chi connectivity index (χ2n) is 6.86. The topological polar surface area (TPSA) is 70.8 Å². The molecule has 25 heavy (non-hydrogen) atoms. The maximum absolute atomic E-state index is 5.77. The lowest BCUT2D eigenvalue weighted by molar-refractivity contribution is 0.238. The van der Waals surface area contributed by atoms with E-state index in [1.54, 1.807) is 0 Å². The van der Waals surface area contributed by atoms with Crippen molar-refractivity contribution in [2.75, 3.05) is 12.3 Å². The summed E-state index contributed by atoms with van der Waals surface area (Å²) in [6.45, 7) is 7.10. The largest absolute Gasteiger partial charge is 0.399 e. The molecule has 5 nitrogen and oxygen atoms in total. The Morgan fingerprint density at radius 2 is 2.00 bits per heavy atom. The summed E-state index contributed by atoms with van der Waals surface area (Å²) >= 11 is 0. The quantitative estimate of drug-likeness (QED) is 0.722. The van der Waals surface area contributed by atoms with Crippen LogP contribution in [0.4, 0.5) is 5.69 Å². The number of nitrogens with one attached hydrogen (secondary N) is 1. The van der Waals surface area contributed by atoms with E-state index in [0.717, 1.165) is 48.8 Å². The third-order valence-electron chi connectivity index (χ3n) is 4.83. The first-order valence-electron chi connectivity index (χ1n) is 8.66. The SMILES string of the molecule is Cc1cc(C)c(CN2CCc3cnc(-c4ccc(N)cc4)nc3C2)[nH]1. The number of hydrogen-bond acceptors (Lipinski definition) is 4. The Balaban J connectivity index is 1.56. The highest BCUT2D eigenvalue weighted by Crippen LogP contribution is 2.23. The Morgan fingerprint density at radius 3 is 2.72 bits per heavy atom. The molecular weight excluding hydrogens is 310 g/mol. The normalized spacial score (nSPS) is 14.5. The average Bonchev–Trinajstić information content (AvgIpc) is 2.92. The van der Waals surface area contributed by atoms with Crippen LogP contribution >= 0.6 is 0 Å². The summed E-state index contributed by atoms with van der Waals surface area (Å²) in [5, 5.41) is 0. The summed E-state index contributed by atoms with van der Waals surface area (Å²) in [5.74, 6) is 0.771. The van der Waals surface area contributed by atoms with Crippen LogP contribution in [0.2, 0.25) is 0 Å². The lowest BCUT2D eigenvalue weighted by Crippen LogP contribution is -2.31. The van der Waals surface area contributed by atoms with Crippen molar-refractivity contribution in [3.8, 4) is 11.4 Å². The van der Waals surface area contributed by atoms with Crippen LogP contribution in [0.15, 0.2) is 36.5 Å². The highest BCUT2D eigenvalue weighted by molar-refractivity contribution is 5.58. The highest BCUT2D eigenvalue weighted by atomic mass is 15.1. The number of nitrogens with zero attached hydrogens (tertiary/aromatic N) is 3. The van der Waals surface area contributed by atoms with Gasteiger partial charge in [0, 0.05) is 48.5 Å². The molecule has 4 rings (SSSR count). The first-order chi connectivity index (χ1) is 12.1. The van der Waals surface area contributed by atoms with Crippen LogP contribution < -0.4 is 5.73 Å². The van der Waals surface area contributed by atoms with Gasteiger partial charge in [0.1, 0.15) is 0 Å². The molecule has 3 heterocycles. The van der Waals surface area contributed by atoms with E-state index in [4.69, 9.17) is 10.7 Å². The predicted octanol–water partition coefficient (Wildman–Crippen LogP) is 3.23. The second kappa shape index (κ2) is 6.33. The van der Waals surface area contributed by atoms with Gasteiger partial charge in [-0.3, -0.25) is 4.90 Å². The van der Waals surface area contributed by atoms with Crippen molar-refractivity contribution >= 4 is 5.69 Å². The third kappa shape index (κ3) is 3.28. The summed E-state index contributed by atoms with van der Waals surface area (Å²) in [6, 6.07) is 9.93. The standard InChI is InChI=1S/C20H23N5/c1-13-9-14(2)23-18(13)11-25-8-7-16-10-22-20(24-19(16)12-25)15-3-5-17(21)6-4-15/h3-6,9-10,23H,7-8,11-12,21H2,1-2H3. The molecule has 0 aliphatic carbocycles. The Kier molecular flexibility index (Phi) is 4.01. The van der Waals surface area contributed by atoms with Gasteiger partial charge in [-0.1, -0.05) is 0 Å². The molecule has 0 bridgehead atoms. The van der Waals surface area contributed by atoms with Crippen molar-refractivity contribution in [1.29, 1.82) is 0 Å². The van der Waals surface area contributed by atoms with E-state index >= 15 is 0 Å². The molecule has 5 heteroatoms. The average molecular weight is 333 g/mol. The zero-order valence-corrected chi connectivity index (χ0v) is 14.7. The number of fused-ring (bicyclic) bond motifs is 1. The van der Waals surface area contributed by atoms with Gasteiger partial charge in [0.2, 0.25) is 0 Å². The smallest absolute Gasteiger partial charge is 0.159 e. The number of anilines is 1. The van der Waals surface area contributed by atoms with Crippen molar-refractivity contribution < 1.29 is 0 Å². The first kappa shape index (κ1) is 15.8. The number of rotatable bonds is 3. The Bertz CT molecular complexity index is 895. The number of benzene rings is 1. The van der Waals surface area contributed by atoms with Gasteiger partial charge < -0.3 is 10.7 Å². The number of aromatic nitrogens is 3. The number of aromatic amines is 1. The molecule has 0 radical (unpaired) electrons. The molecule has 3 aromatic rings. The fourth-order valence-corrected chi connectivity index (χ4v) is 3.44. The van der Waals surface area contributed by atoms with E-state index in [-0.39, 0.29) is 0 Å². The van der Waals surface area contributed by atoms with Gasteiger partial charge in [-0.15, -0.1) is 0 Å². The molecule has 128 valence electrons. The number of nitrogen functional groups attached to an aromatic ring is 1. The predicted molar refractivity (Wildman–Crippen MR) is 100.0 cm³/mol. The minimum Gasteiger partial charge on any atom is -0.399 e. The minimum atomic E-state index is 0.754. The van der Waals surface area contributed by atoms with Crippen molar-refractivity contribution in [1.82, 2.24) is 19.9 Å². The Morgan fingerprint density at radius 1 is 1.20 bits per heavy atom. The monoisotopic (exact) mass is 333 g/mol. The van der Waals surface area contributed by atoms with Crippen molar-refractivity contribution in [3.05, 3.63) is 64.7 Å². The lowest BCUT2D eigenvalue weighted by atomic mass is 10.1. The van der Waals surface area contributed by atoms with Gasteiger partial charge in [0.15, 0.2) is 5.82 Å². The zero-order valence-electron chi connectivity index (χ0n) is 14.7. The zero-order chi connectivity index (χ0) is 17.4. The molecule has 0 spiro atoms. The summed E-state index contributed by atoms with van der Waals surface area (Å²) in [6.07, 6.45) is 2.98. The molecule has 0 amide bonds. The van der Waals surface area contributed by atoms with Gasteiger partial charge in [0.05, 0.1) is 5.69 Å². The molecule has 1 aliphatic rings. The lowest BCUT2D eigenvalue weighted by Gasteiger charge is -2.27. The number of aryl methyl sites for hydroxylation is 2. The van der Waals surface area contributed by atoms with Crippen LogP contribution in [0.3, 0.4) is 0 Å². The number of H-pyrrole nitrogens is 1. The third-order valence-corrected chi connectivity index (χ3v) is 4.83. The maximum Gasteiger partial charge on any atom is 0.159 e. The molecule has 0 atom stereocenters. The maximum atomic E-state index is 5.77. The molecule has 0 unspecified atom stereocenters. The second-order valence-corrected chi connectivity index (χ2v) is 6.86. The van der Waals surface area contributed by atoms with E-state index in [1.165, 1.54) is 22.5 Å². The number of hydrogen-bond donors (Lipinski definition) is 2. The molecule has 0 fully saturated rings. The Hall–Kier alpha value is -2.66. The summed E-state index contributed by atoms with van der Waals surface area (Å²) < 4.78 is 0. The van der Waals surface area contributed by atoms with Crippen molar-refractivity contribution in [2.24, 2.45) is 0 Å². The van der Waals surface area contributed by atoms with E-state index in [1.807, 2.05) is 30.5 Å². The number of nitrogens with two attached hydrogens (primary N) is 1. The molecule has 0 saturated heterocycles. The molecule has 3 N–H and O–H groups in total. The van der Waals surface area contributed by atoms with Crippen LogP contribution in [-0.2, 0) is 19.5 Å². The fraction of sp³-hybridized carbons (Fsp3) is 0.300. The van der Waals surface area contributed by atoms with Crippen LogP contribution in [0.1, 0.15) is 28.2 Å². The van der Waals surface area contributed by atoms with Gasteiger partial charge >= 0.3 is 0 Å². The molecule has 0 saturated carbocycles. The molecule has 1 aromatic carbocycles. The van der Waals surface area contributed by atoms with E-state index in [9.17, 15) is 0 Å². The highest BCUT2D eigenvalue weighted by Gasteiger charge is 2.20. The van der Waals surface area contributed by atoms with Gasteiger partial charge in [-0.2, -0.15) is 0 Å². The van der Waals surface area contributed by atoms with Crippen molar-refractivity contribution in [2.45, 2.75) is 33.4 Å². The van der Waals surface area contributed by atoms with Crippen molar-refractivity contribution in [3.63, 3.8) is 0 Å². The minimum absolute atomic E-state index is 0.754. The van der Waals surface area contributed by atoms with E-state index < -0.39 is 0 Å². The fourth-order valence-electron chi connectivity index (χ4n) is 3.44. The van der Waals surface area contributed by atoms with Crippen LogP contribution in [0.5, 0.6) is 0 Å². The van der Waals surface area contributed by atoms with Crippen LogP contribution in [-0.4, -0.2) is 26.4 Å². The van der Waals surface area contributed by atoms with Crippen LogP contribution in [0, 0.1) is 13.8 Å². The summed E-state index contributed by atoms with van der Waals surface area (Å²) in [7, 11) is 0. The summed E-state index contributed by atoms with van der Waals surface area (Å²) in [5.41, 5.74) is 13.8. The molecular formula is C20H23N5. The first-order valence-corrected chi connectivity index (χ1v) is 8.66. The molecule has 1 aliphatic heterocycles. The Labute approximate surface area is 147 Å². The van der Waals surface area contributed by atoms with E-state index in [0.29, 0.717) is 0 Å².